The maximum atomic E-state index is 13.7. The number of hydrogen-bond donors (Lipinski definition) is 0. The van der Waals surface area contributed by atoms with Crippen molar-refractivity contribution < 1.29 is 13.5 Å². The van der Waals surface area contributed by atoms with Crippen molar-refractivity contribution in [2.75, 3.05) is 6.61 Å². The van der Waals surface area contributed by atoms with Crippen LogP contribution in [0.4, 0.5) is 8.78 Å². The Hall–Kier alpha value is -2.49. The van der Waals surface area contributed by atoms with E-state index in [1.165, 1.54) is 18.2 Å². The first kappa shape index (κ1) is 13.5. The van der Waals surface area contributed by atoms with Crippen LogP contribution in [-0.2, 0) is 4.74 Å². The second-order valence-corrected chi connectivity index (χ2v) is 4.73. The highest BCUT2D eigenvalue weighted by atomic mass is 19.1. The van der Waals surface area contributed by atoms with Gasteiger partial charge in [-0.05, 0) is 23.3 Å². The quantitative estimate of drug-likeness (QED) is 0.831. The first-order chi connectivity index (χ1) is 10.2. The summed E-state index contributed by atoms with van der Waals surface area (Å²) in [6.45, 7) is 3.97. The molecule has 0 saturated heterocycles. The molecule has 0 saturated carbocycles. The van der Waals surface area contributed by atoms with Gasteiger partial charge in [-0.1, -0.05) is 43.0 Å². The van der Waals surface area contributed by atoms with Crippen molar-refractivity contribution in [3.05, 3.63) is 77.4 Å². The van der Waals surface area contributed by atoms with Crippen LogP contribution in [0.25, 0.3) is 6.08 Å². The van der Waals surface area contributed by atoms with Crippen LogP contribution in [0.1, 0.15) is 22.7 Å². The highest BCUT2D eigenvalue weighted by Crippen LogP contribution is 2.27. The van der Waals surface area contributed by atoms with E-state index >= 15 is 0 Å². The van der Waals surface area contributed by atoms with E-state index in [-0.39, 0.29) is 24.1 Å². The van der Waals surface area contributed by atoms with Gasteiger partial charge < -0.3 is 4.74 Å². The highest BCUT2D eigenvalue weighted by Gasteiger charge is 2.25. The number of rotatable bonds is 3. The SMILES string of the molecule is C=Cc1ccc(C2COC(c3c(F)cccc3F)=N2)cc1. The molecule has 0 fully saturated rings. The Bertz CT molecular complexity index is 687. The number of halogens is 2. The summed E-state index contributed by atoms with van der Waals surface area (Å²) in [6.07, 6.45) is 1.75. The minimum absolute atomic E-state index is 0.0170. The van der Waals surface area contributed by atoms with E-state index in [0.29, 0.717) is 0 Å². The fourth-order valence-electron chi connectivity index (χ4n) is 2.24. The lowest BCUT2D eigenvalue weighted by Gasteiger charge is -2.05. The topological polar surface area (TPSA) is 21.6 Å². The molecule has 1 atom stereocenters. The molecule has 0 N–H and O–H groups in total. The molecule has 2 aromatic carbocycles. The summed E-state index contributed by atoms with van der Waals surface area (Å²) in [5, 5.41) is 0. The predicted octanol–water partition coefficient (Wildman–Crippen LogP) is 4.13. The second kappa shape index (κ2) is 5.48. The van der Waals surface area contributed by atoms with Crippen LogP contribution in [0, 0.1) is 11.6 Å². The van der Waals surface area contributed by atoms with E-state index in [1.54, 1.807) is 6.08 Å². The third kappa shape index (κ3) is 2.57. The monoisotopic (exact) mass is 285 g/mol. The molecule has 0 spiro atoms. The van der Waals surface area contributed by atoms with Crippen LogP contribution in [0.3, 0.4) is 0 Å². The maximum Gasteiger partial charge on any atom is 0.222 e. The zero-order valence-corrected chi connectivity index (χ0v) is 11.2. The van der Waals surface area contributed by atoms with Crippen molar-refractivity contribution in [1.29, 1.82) is 0 Å². The molecule has 0 bridgehead atoms. The molecule has 0 radical (unpaired) electrons. The van der Waals surface area contributed by atoms with Crippen LogP contribution in [0.5, 0.6) is 0 Å². The first-order valence-corrected chi connectivity index (χ1v) is 6.56. The van der Waals surface area contributed by atoms with Crippen molar-refractivity contribution in [3.8, 4) is 0 Å². The number of benzene rings is 2. The molecule has 1 aliphatic rings. The van der Waals surface area contributed by atoms with Gasteiger partial charge in [0, 0.05) is 0 Å². The lowest BCUT2D eigenvalue weighted by Crippen LogP contribution is -2.07. The number of ether oxygens (including phenoxy) is 1. The zero-order chi connectivity index (χ0) is 14.8. The predicted molar refractivity (Wildman–Crippen MR) is 78.1 cm³/mol. The van der Waals surface area contributed by atoms with E-state index in [2.05, 4.69) is 11.6 Å². The van der Waals surface area contributed by atoms with Crippen LogP contribution >= 0.6 is 0 Å². The largest absolute Gasteiger partial charge is 0.475 e. The maximum absolute atomic E-state index is 13.7. The number of hydrogen-bond acceptors (Lipinski definition) is 2. The van der Waals surface area contributed by atoms with Crippen LogP contribution < -0.4 is 0 Å². The minimum Gasteiger partial charge on any atom is -0.475 e. The summed E-state index contributed by atoms with van der Waals surface area (Å²) in [5.74, 6) is -1.32. The van der Waals surface area contributed by atoms with Crippen LogP contribution in [-0.4, -0.2) is 12.5 Å². The molecular formula is C17H13F2NO. The van der Waals surface area contributed by atoms with Gasteiger partial charge >= 0.3 is 0 Å². The Balaban J connectivity index is 1.91. The molecule has 3 rings (SSSR count). The van der Waals surface area contributed by atoms with E-state index in [1.807, 2.05) is 24.3 Å². The molecule has 2 nitrogen and oxygen atoms in total. The average Bonchev–Trinajstić information content (AvgIpc) is 2.97. The second-order valence-electron chi connectivity index (χ2n) is 4.73. The van der Waals surface area contributed by atoms with E-state index < -0.39 is 11.6 Å². The third-order valence-electron chi connectivity index (χ3n) is 3.38. The molecule has 1 heterocycles. The summed E-state index contributed by atoms with van der Waals surface area (Å²) < 4.78 is 32.8. The summed E-state index contributed by atoms with van der Waals surface area (Å²) >= 11 is 0. The smallest absolute Gasteiger partial charge is 0.222 e. The van der Waals surface area contributed by atoms with Gasteiger partial charge in [-0.15, -0.1) is 0 Å². The molecule has 21 heavy (non-hydrogen) atoms. The van der Waals surface area contributed by atoms with Gasteiger partial charge in [0.05, 0.1) is 0 Å². The fraction of sp³-hybridized carbons (Fsp3) is 0.118. The first-order valence-electron chi connectivity index (χ1n) is 6.56. The zero-order valence-electron chi connectivity index (χ0n) is 11.2. The average molecular weight is 285 g/mol. The van der Waals surface area contributed by atoms with Crippen molar-refractivity contribution in [1.82, 2.24) is 0 Å². The number of nitrogens with zero attached hydrogens (tertiary/aromatic N) is 1. The molecule has 106 valence electrons. The van der Waals surface area contributed by atoms with E-state index in [0.717, 1.165) is 11.1 Å². The fourth-order valence-corrected chi connectivity index (χ4v) is 2.24. The molecule has 0 amide bonds. The highest BCUT2D eigenvalue weighted by molar-refractivity contribution is 5.95. The number of aliphatic imine (C=N–C) groups is 1. The Labute approximate surface area is 121 Å². The molecule has 1 aliphatic heterocycles. The van der Waals surface area contributed by atoms with Crippen LogP contribution in [0.2, 0.25) is 0 Å². The van der Waals surface area contributed by atoms with Crippen molar-refractivity contribution in [2.24, 2.45) is 4.99 Å². The Kier molecular flexibility index (Phi) is 3.52. The molecular weight excluding hydrogens is 272 g/mol. The summed E-state index contributed by atoms with van der Waals surface area (Å²) in [5.41, 5.74) is 1.73. The van der Waals surface area contributed by atoms with Gasteiger partial charge in [0.25, 0.3) is 0 Å². The Morgan fingerprint density at radius 1 is 1.10 bits per heavy atom. The van der Waals surface area contributed by atoms with E-state index in [9.17, 15) is 8.78 Å². The molecule has 1 unspecified atom stereocenters. The third-order valence-corrected chi connectivity index (χ3v) is 3.38. The summed E-state index contributed by atoms with van der Waals surface area (Å²) in [6, 6.07) is 11.1. The summed E-state index contributed by atoms with van der Waals surface area (Å²) in [4.78, 5) is 4.29. The van der Waals surface area contributed by atoms with Crippen molar-refractivity contribution in [2.45, 2.75) is 6.04 Å². The minimum atomic E-state index is -0.670. The molecule has 4 heteroatoms. The van der Waals surface area contributed by atoms with Gasteiger partial charge in [0.1, 0.15) is 29.8 Å². The standard InChI is InChI=1S/C17H13F2NO/c1-2-11-6-8-12(9-7-11)15-10-21-17(20-15)16-13(18)4-3-5-14(16)19/h2-9,15H,1,10H2. The van der Waals surface area contributed by atoms with Gasteiger partial charge in [-0.2, -0.15) is 0 Å². The lowest BCUT2D eigenvalue weighted by atomic mass is 10.1. The lowest BCUT2D eigenvalue weighted by molar-refractivity contribution is 0.317. The van der Waals surface area contributed by atoms with Crippen molar-refractivity contribution >= 4 is 12.0 Å². The Morgan fingerprint density at radius 2 is 1.76 bits per heavy atom. The summed E-state index contributed by atoms with van der Waals surface area (Å²) in [7, 11) is 0. The van der Waals surface area contributed by atoms with Gasteiger partial charge in [0.15, 0.2) is 0 Å². The van der Waals surface area contributed by atoms with Gasteiger partial charge in [-0.25, -0.2) is 13.8 Å². The van der Waals surface area contributed by atoms with Gasteiger partial charge in [-0.3, -0.25) is 0 Å². The Morgan fingerprint density at radius 3 is 2.38 bits per heavy atom. The van der Waals surface area contributed by atoms with E-state index in [4.69, 9.17) is 4.74 Å². The molecule has 0 aromatic heterocycles. The van der Waals surface area contributed by atoms with Crippen molar-refractivity contribution in [3.63, 3.8) is 0 Å². The van der Waals surface area contributed by atoms with Gasteiger partial charge in [0.2, 0.25) is 5.90 Å². The normalized spacial score (nSPS) is 17.2. The molecule has 2 aromatic rings. The van der Waals surface area contributed by atoms with Crippen LogP contribution in [0.15, 0.2) is 54.0 Å². The molecule has 0 aliphatic carbocycles.